The van der Waals surface area contributed by atoms with Crippen LogP contribution in [0, 0.1) is 18.8 Å². The summed E-state index contributed by atoms with van der Waals surface area (Å²) in [6.45, 7) is 2.65. The van der Waals surface area contributed by atoms with E-state index >= 15 is 0 Å². The van der Waals surface area contributed by atoms with Crippen LogP contribution in [0.25, 0.3) is 16.7 Å². The van der Waals surface area contributed by atoms with E-state index < -0.39 is 5.60 Å². The maximum Gasteiger partial charge on any atom is 0.221 e. The van der Waals surface area contributed by atoms with E-state index in [-0.39, 0.29) is 5.95 Å². The number of benzene rings is 1. The molecular formula is C20H17N7O. The van der Waals surface area contributed by atoms with Crippen molar-refractivity contribution in [2.75, 3.05) is 5.73 Å². The van der Waals surface area contributed by atoms with Crippen LogP contribution < -0.4 is 5.73 Å². The van der Waals surface area contributed by atoms with E-state index in [4.69, 9.17) is 5.73 Å². The number of rotatable bonds is 1. The lowest BCUT2D eigenvalue weighted by atomic mass is 10.0. The van der Waals surface area contributed by atoms with Crippen LogP contribution in [-0.2, 0) is 12.1 Å². The summed E-state index contributed by atoms with van der Waals surface area (Å²) in [4.78, 5) is 12.4. The van der Waals surface area contributed by atoms with E-state index in [0.29, 0.717) is 24.6 Å². The molecule has 3 N–H and O–H groups in total. The summed E-state index contributed by atoms with van der Waals surface area (Å²) in [7, 11) is 0. The third-order valence-electron chi connectivity index (χ3n) is 4.96. The number of fused-ring (bicyclic) bond motifs is 2. The van der Waals surface area contributed by atoms with Crippen molar-refractivity contribution in [3.05, 3.63) is 59.9 Å². The molecule has 0 bridgehead atoms. The number of aryl methyl sites for hydroxylation is 2. The zero-order valence-electron chi connectivity index (χ0n) is 15.2. The van der Waals surface area contributed by atoms with Crippen molar-refractivity contribution in [1.82, 2.24) is 29.3 Å². The molecule has 0 amide bonds. The molecule has 28 heavy (non-hydrogen) atoms. The number of aromatic nitrogens is 6. The Morgan fingerprint density at radius 1 is 1.21 bits per heavy atom. The lowest BCUT2D eigenvalue weighted by molar-refractivity contribution is 0.0980. The Hall–Kier alpha value is -3.70. The topological polar surface area (TPSA) is 108 Å². The molecule has 0 saturated heterocycles. The van der Waals surface area contributed by atoms with E-state index in [0.717, 1.165) is 22.2 Å². The van der Waals surface area contributed by atoms with E-state index in [1.54, 1.807) is 23.1 Å². The summed E-state index contributed by atoms with van der Waals surface area (Å²) >= 11 is 0. The molecule has 3 aromatic heterocycles. The molecule has 8 heteroatoms. The predicted molar refractivity (Wildman–Crippen MR) is 103 cm³/mol. The Balaban J connectivity index is 1.59. The molecule has 0 radical (unpaired) electrons. The highest BCUT2D eigenvalue weighted by molar-refractivity contribution is 5.84. The van der Waals surface area contributed by atoms with Gasteiger partial charge in [0, 0.05) is 48.6 Å². The molecule has 5 rings (SSSR count). The lowest BCUT2D eigenvalue weighted by Gasteiger charge is -2.12. The van der Waals surface area contributed by atoms with Gasteiger partial charge in [0.05, 0.1) is 11.2 Å². The largest absolute Gasteiger partial charge is 0.371 e. The second-order valence-corrected chi connectivity index (χ2v) is 6.81. The SMILES string of the molecule is Cc1nn(-c2ccnc(N)n2)c2cc(C#CC3(O)CCn4ccnc43)ccc12. The van der Waals surface area contributed by atoms with Gasteiger partial charge in [-0.3, -0.25) is 0 Å². The Morgan fingerprint density at radius 3 is 2.96 bits per heavy atom. The molecule has 0 saturated carbocycles. The molecule has 1 aliphatic heterocycles. The molecule has 1 aliphatic rings. The maximum absolute atomic E-state index is 10.9. The average molecular weight is 371 g/mol. The molecule has 4 aromatic rings. The summed E-state index contributed by atoms with van der Waals surface area (Å²) in [5.41, 5.74) is 7.00. The quantitative estimate of drug-likeness (QED) is 0.492. The molecule has 1 aromatic carbocycles. The molecule has 0 aliphatic carbocycles. The van der Waals surface area contributed by atoms with Crippen LogP contribution in [0.1, 0.15) is 23.5 Å². The van der Waals surface area contributed by atoms with Crippen molar-refractivity contribution in [2.45, 2.75) is 25.5 Å². The van der Waals surface area contributed by atoms with Crippen LogP contribution in [0.15, 0.2) is 42.9 Å². The van der Waals surface area contributed by atoms with Gasteiger partial charge < -0.3 is 15.4 Å². The second kappa shape index (κ2) is 5.90. The molecular weight excluding hydrogens is 354 g/mol. The van der Waals surface area contributed by atoms with Crippen LogP contribution in [0.3, 0.4) is 0 Å². The number of hydrogen-bond acceptors (Lipinski definition) is 6. The zero-order valence-corrected chi connectivity index (χ0v) is 15.2. The predicted octanol–water partition coefficient (Wildman–Crippen LogP) is 1.55. The summed E-state index contributed by atoms with van der Waals surface area (Å²) in [6.07, 6.45) is 5.67. The van der Waals surface area contributed by atoms with Crippen LogP contribution in [0.4, 0.5) is 5.95 Å². The second-order valence-electron chi connectivity index (χ2n) is 6.81. The van der Waals surface area contributed by atoms with Gasteiger partial charge in [0.2, 0.25) is 5.95 Å². The minimum Gasteiger partial charge on any atom is -0.371 e. The van der Waals surface area contributed by atoms with Crippen LogP contribution in [0.5, 0.6) is 0 Å². The Labute approximate surface area is 160 Å². The monoisotopic (exact) mass is 371 g/mol. The smallest absolute Gasteiger partial charge is 0.221 e. The van der Waals surface area contributed by atoms with E-state index in [1.807, 2.05) is 35.9 Å². The van der Waals surface area contributed by atoms with Gasteiger partial charge in [-0.15, -0.1) is 0 Å². The molecule has 1 unspecified atom stereocenters. The third-order valence-corrected chi connectivity index (χ3v) is 4.96. The van der Waals surface area contributed by atoms with Crippen LogP contribution in [0.2, 0.25) is 0 Å². The van der Waals surface area contributed by atoms with Crippen molar-refractivity contribution in [2.24, 2.45) is 0 Å². The number of imidazole rings is 1. The number of nitrogens with two attached hydrogens (primary N) is 1. The van der Waals surface area contributed by atoms with Crippen molar-refractivity contribution < 1.29 is 5.11 Å². The molecule has 1 atom stereocenters. The first-order valence-electron chi connectivity index (χ1n) is 8.89. The fourth-order valence-corrected chi connectivity index (χ4v) is 3.55. The van der Waals surface area contributed by atoms with Crippen LogP contribution >= 0.6 is 0 Å². The number of hydrogen-bond donors (Lipinski definition) is 2. The van der Waals surface area contributed by atoms with Crippen molar-refractivity contribution in [3.8, 4) is 17.7 Å². The first-order valence-corrected chi connectivity index (χ1v) is 8.89. The highest BCUT2D eigenvalue weighted by atomic mass is 16.3. The lowest BCUT2D eigenvalue weighted by Crippen LogP contribution is -2.20. The summed E-state index contributed by atoms with van der Waals surface area (Å²) in [5, 5.41) is 16.4. The van der Waals surface area contributed by atoms with Gasteiger partial charge in [0.15, 0.2) is 17.2 Å². The number of aliphatic hydroxyl groups is 1. The summed E-state index contributed by atoms with van der Waals surface area (Å²) in [5.74, 6) is 7.48. The average Bonchev–Trinajstić information content (AvgIpc) is 3.37. The zero-order chi connectivity index (χ0) is 19.3. The van der Waals surface area contributed by atoms with Gasteiger partial charge in [-0.1, -0.05) is 11.8 Å². The van der Waals surface area contributed by atoms with Crippen molar-refractivity contribution in [3.63, 3.8) is 0 Å². The first-order chi connectivity index (χ1) is 13.5. The molecule has 8 nitrogen and oxygen atoms in total. The highest BCUT2D eigenvalue weighted by Crippen LogP contribution is 2.30. The van der Waals surface area contributed by atoms with Gasteiger partial charge >= 0.3 is 0 Å². The van der Waals surface area contributed by atoms with E-state index in [9.17, 15) is 5.11 Å². The minimum absolute atomic E-state index is 0.189. The minimum atomic E-state index is -1.23. The highest BCUT2D eigenvalue weighted by Gasteiger charge is 2.36. The van der Waals surface area contributed by atoms with Crippen molar-refractivity contribution in [1.29, 1.82) is 0 Å². The third kappa shape index (κ3) is 2.52. The van der Waals surface area contributed by atoms with Crippen LogP contribution in [-0.4, -0.2) is 34.4 Å². The van der Waals surface area contributed by atoms with Gasteiger partial charge in [0.1, 0.15) is 0 Å². The van der Waals surface area contributed by atoms with Gasteiger partial charge in [-0.2, -0.15) is 10.1 Å². The summed E-state index contributed by atoms with van der Waals surface area (Å²) in [6, 6.07) is 7.59. The van der Waals surface area contributed by atoms with Crippen molar-refractivity contribution >= 4 is 16.9 Å². The van der Waals surface area contributed by atoms with E-state index in [2.05, 4.69) is 31.9 Å². The maximum atomic E-state index is 10.9. The number of nitrogen functional groups attached to an aromatic ring is 1. The normalized spacial score (nSPS) is 18.1. The number of anilines is 1. The summed E-state index contributed by atoms with van der Waals surface area (Å²) < 4.78 is 3.65. The van der Waals surface area contributed by atoms with Gasteiger partial charge in [-0.05, 0) is 25.1 Å². The molecule has 0 spiro atoms. The number of nitrogens with zero attached hydrogens (tertiary/aromatic N) is 6. The fourth-order valence-electron chi connectivity index (χ4n) is 3.55. The molecule has 138 valence electrons. The Bertz CT molecular complexity index is 1280. The van der Waals surface area contributed by atoms with Gasteiger partial charge in [0.25, 0.3) is 0 Å². The Kier molecular flexibility index (Phi) is 3.47. The van der Waals surface area contributed by atoms with Gasteiger partial charge in [-0.25, -0.2) is 14.6 Å². The standard InChI is InChI=1S/C20H17N7O/c1-13-15-3-2-14(4-6-20(28)7-10-26-11-9-22-18(20)26)12-16(15)27(25-13)17-5-8-23-19(21)24-17/h2-3,5,8-9,11-12,28H,7,10H2,1H3,(H2,21,23,24). The first kappa shape index (κ1) is 16.5. The Morgan fingerprint density at radius 2 is 2.11 bits per heavy atom. The van der Waals surface area contributed by atoms with E-state index in [1.165, 1.54) is 0 Å². The molecule has 0 fully saturated rings. The molecule has 4 heterocycles. The fraction of sp³-hybridized carbons (Fsp3) is 0.200.